The highest BCUT2D eigenvalue weighted by Crippen LogP contribution is 2.37. The summed E-state index contributed by atoms with van der Waals surface area (Å²) in [6.07, 6.45) is -4.64. The van der Waals surface area contributed by atoms with E-state index in [9.17, 15) is 18.0 Å². The van der Waals surface area contributed by atoms with Crippen molar-refractivity contribution in [2.45, 2.75) is 91.7 Å². The minimum atomic E-state index is -4.64. The molecule has 11 heteroatoms. The smallest absolute Gasteiger partial charge is 0.399 e. The molecule has 2 heterocycles. The van der Waals surface area contributed by atoms with Crippen LogP contribution in [-0.4, -0.2) is 34.4 Å². The quantitative estimate of drug-likeness (QED) is 0.638. The van der Waals surface area contributed by atoms with Crippen LogP contribution in [0.5, 0.6) is 0 Å². The Balaban J connectivity index is 0.00000199. The fraction of sp³-hybridized carbons (Fsp3) is 0.609. The van der Waals surface area contributed by atoms with Crippen LogP contribution in [0.4, 0.5) is 13.2 Å². The van der Waals surface area contributed by atoms with Gasteiger partial charge in [0.25, 0.3) is 0 Å². The minimum Gasteiger partial charge on any atom is -0.399 e. The molecule has 1 saturated heterocycles. The second-order valence-corrected chi connectivity index (χ2v) is 9.86. The number of amides is 1. The number of alkyl halides is 3. The van der Waals surface area contributed by atoms with E-state index in [1.165, 1.54) is 12.1 Å². The molecule has 0 spiro atoms. The molecule has 0 aliphatic carbocycles. The number of hydrogen-bond donors (Lipinski definition) is 1. The van der Waals surface area contributed by atoms with E-state index >= 15 is 0 Å². The van der Waals surface area contributed by atoms with Crippen LogP contribution < -0.4 is 10.8 Å². The van der Waals surface area contributed by atoms with E-state index in [-0.39, 0.29) is 23.5 Å². The lowest BCUT2D eigenvalue weighted by atomic mass is 9.77. The van der Waals surface area contributed by atoms with E-state index in [0.717, 1.165) is 6.07 Å². The van der Waals surface area contributed by atoms with Gasteiger partial charge in [-0.25, -0.2) is 0 Å². The van der Waals surface area contributed by atoms with Crippen molar-refractivity contribution in [3.63, 3.8) is 0 Å². The van der Waals surface area contributed by atoms with Crippen LogP contribution in [0.3, 0.4) is 0 Å². The van der Waals surface area contributed by atoms with Gasteiger partial charge < -0.3 is 19.1 Å². The van der Waals surface area contributed by atoms with Crippen LogP contribution in [0.1, 0.15) is 90.0 Å². The zero-order valence-electron chi connectivity index (χ0n) is 21.2. The summed E-state index contributed by atoms with van der Waals surface area (Å²) in [5, 5.41) is 6.15. The maximum atomic E-state index is 13.8. The molecule has 0 radical (unpaired) electrons. The van der Waals surface area contributed by atoms with Crippen molar-refractivity contribution in [2.24, 2.45) is 0 Å². The topological polar surface area (TPSA) is 86.5 Å². The van der Waals surface area contributed by atoms with Gasteiger partial charge in [-0.2, -0.15) is 18.2 Å². The van der Waals surface area contributed by atoms with E-state index < -0.39 is 41.4 Å². The molecule has 7 nitrogen and oxygen atoms in total. The lowest BCUT2D eigenvalue weighted by Gasteiger charge is -2.32. The molecule has 34 heavy (non-hydrogen) atoms. The van der Waals surface area contributed by atoms with Crippen LogP contribution in [0.15, 0.2) is 22.7 Å². The maximum absolute atomic E-state index is 13.8. The number of halogens is 3. The molecule has 1 aromatic heterocycles. The Morgan fingerprint density at radius 2 is 1.62 bits per heavy atom. The molecule has 2 aromatic rings. The van der Waals surface area contributed by atoms with Crippen molar-refractivity contribution in [1.29, 1.82) is 0 Å². The van der Waals surface area contributed by atoms with Crippen molar-refractivity contribution in [3.8, 4) is 0 Å². The van der Waals surface area contributed by atoms with Crippen molar-refractivity contribution in [3.05, 3.63) is 41.0 Å². The molecule has 1 amide bonds. The summed E-state index contributed by atoms with van der Waals surface area (Å²) in [5.41, 5.74) is -2.54. The lowest BCUT2D eigenvalue weighted by Crippen LogP contribution is -2.41. The molecular formula is C23H33BF3N3O4. The Kier molecular flexibility index (Phi) is 7.94. The lowest BCUT2D eigenvalue weighted by molar-refractivity contribution is -0.138. The summed E-state index contributed by atoms with van der Waals surface area (Å²) < 4.78 is 57.9. The normalized spacial score (nSPS) is 17.2. The van der Waals surface area contributed by atoms with Crippen LogP contribution in [0.25, 0.3) is 0 Å². The highest BCUT2D eigenvalue weighted by atomic mass is 19.4. The summed E-state index contributed by atoms with van der Waals surface area (Å²) in [6.45, 7) is 16.5. The van der Waals surface area contributed by atoms with Gasteiger partial charge in [-0.15, -0.1) is 0 Å². The fourth-order valence-electron chi connectivity index (χ4n) is 3.01. The Bertz CT molecular complexity index is 998. The van der Waals surface area contributed by atoms with Gasteiger partial charge in [0.1, 0.15) is 0 Å². The molecule has 3 rings (SSSR count). The van der Waals surface area contributed by atoms with Gasteiger partial charge >= 0.3 is 25.1 Å². The molecule has 1 aliphatic rings. The summed E-state index contributed by atoms with van der Waals surface area (Å²) in [6, 6.07) is 3.80. The molecular weight excluding hydrogens is 450 g/mol. The van der Waals surface area contributed by atoms with E-state index in [1.54, 1.807) is 0 Å². The first-order valence-corrected chi connectivity index (χ1v) is 11.2. The summed E-state index contributed by atoms with van der Waals surface area (Å²) >= 11 is 0. The highest BCUT2D eigenvalue weighted by Gasteiger charge is 2.52. The molecule has 1 N–H and O–H groups in total. The van der Waals surface area contributed by atoms with E-state index in [1.807, 2.05) is 62.3 Å². The standard InChI is InChI=1S/C21H27BF3N3O4.C2H6/c1-18(2,3)17-27-16(30-28-17)15(29)26-11-12-8-9-13(10-14(12)21(23,24)25)22-31-19(4,5)20(6,7)32-22;1-2/h8-10H,11H2,1-7H3,(H,26,29);1-2H3. The number of benzene rings is 1. The molecule has 0 atom stereocenters. The molecule has 0 unspecified atom stereocenters. The van der Waals surface area contributed by atoms with Gasteiger partial charge in [-0.3, -0.25) is 4.79 Å². The predicted molar refractivity (Wildman–Crippen MR) is 123 cm³/mol. The van der Waals surface area contributed by atoms with Gasteiger partial charge in [0.15, 0.2) is 5.82 Å². The SMILES string of the molecule is CC.CC(C)(C)c1noc(C(=O)NCc2ccc(B3OC(C)(C)C(C)(C)O3)cc2C(F)(F)F)n1. The molecule has 1 fully saturated rings. The number of nitrogens with zero attached hydrogens (tertiary/aromatic N) is 2. The number of rotatable bonds is 4. The molecule has 188 valence electrons. The van der Waals surface area contributed by atoms with Crippen LogP contribution >= 0.6 is 0 Å². The predicted octanol–water partition coefficient (Wildman–Crippen LogP) is 4.64. The van der Waals surface area contributed by atoms with Gasteiger partial charge in [-0.1, -0.05) is 51.9 Å². The van der Waals surface area contributed by atoms with Crippen LogP contribution in [-0.2, 0) is 27.4 Å². The number of nitrogens with one attached hydrogen (secondary N) is 1. The highest BCUT2D eigenvalue weighted by molar-refractivity contribution is 6.62. The van der Waals surface area contributed by atoms with Crippen molar-refractivity contribution in [1.82, 2.24) is 15.5 Å². The number of aromatic nitrogens is 2. The van der Waals surface area contributed by atoms with Crippen molar-refractivity contribution in [2.75, 3.05) is 0 Å². The Morgan fingerprint density at radius 1 is 1.06 bits per heavy atom. The van der Waals surface area contributed by atoms with Crippen LogP contribution in [0.2, 0.25) is 0 Å². The average molecular weight is 483 g/mol. The zero-order chi connectivity index (χ0) is 26.1. The molecule has 1 aromatic carbocycles. The summed E-state index contributed by atoms with van der Waals surface area (Å²) in [5.74, 6) is -0.737. The van der Waals surface area contributed by atoms with Crippen LogP contribution in [0, 0.1) is 0 Å². The minimum absolute atomic E-state index is 0.110. The van der Waals surface area contributed by atoms with Gasteiger partial charge in [0.2, 0.25) is 0 Å². The summed E-state index contributed by atoms with van der Waals surface area (Å²) in [4.78, 5) is 16.3. The van der Waals surface area contributed by atoms with E-state index in [0.29, 0.717) is 5.82 Å². The monoisotopic (exact) mass is 483 g/mol. The molecule has 0 saturated carbocycles. The fourth-order valence-corrected chi connectivity index (χ4v) is 3.01. The first kappa shape index (κ1) is 27.8. The molecule has 0 bridgehead atoms. The largest absolute Gasteiger partial charge is 0.494 e. The second-order valence-electron chi connectivity index (χ2n) is 9.86. The van der Waals surface area contributed by atoms with Gasteiger partial charge in [0, 0.05) is 12.0 Å². The third-order valence-corrected chi connectivity index (χ3v) is 5.70. The number of carbonyl (C=O) groups excluding carboxylic acids is 1. The Labute approximate surface area is 198 Å². The maximum Gasteiger partial charge on any atom is 0.494 e. The number of carbonyl (C=O) groups is 1. The number of hydrogen-bond acceptors (Lipinski definition) is 6. The second kappa shape index (κ2) is 9.69. The Morgan fingerprint density at radius 3 is 2.09 bits per heavy atom. The Hall–Kier alpha value is -2.40. The first-order valence-electron chi connectivity index (χ1n) is 11.2. The van der Waals surface area contributed by atoms with Gasteiger partial charge in [-0.05, 0) is 44.8 Å². The zero-order valence-corrected chi connectivity index (χ0v) is 21.2. The van der Waals surface area contributed by atoms with Gasteiger partial charge in [0.05, 0.1) is 16.8 Å². The molecule has 1 aliphatic heterocycles. The third kappa shape index (κ3) is 5.99. The van der Waals surface area contributed by atoms with Crippen molar-refractivity contribution >= 4 is 18.5 Å². The van der Waals surface area contributed by atoms with Crippen molar-refractivity contribution < 1.29 is 31.8 Å². The van der Waals surface area contributed by atoms with E-state index in [4.69, 9.17) is 13.8 Å². The third-order valence-electron chi connectivity index (χ3n) is 5.70. The first-order chi connectivity index (χ1) is 15.5. The average Bonchev–Trinajstić information content (AvgIpc) is 3.30. The summed E-state index contributed by atoms with van der Waals surface area (Å²) in [7, 11) is -0.932. The van der Waals surface area contributed by atoms with E-state index in [2.05, 4.69) is 15.5 Å².